The van der Waals surface area contributed by atoms with Crippen molar-refractivity contribution in [3.63, 3.8) is 0 Å². The van der Waals surface area contributed by atoms with Gasteiger partial charge in [-0.1, -0.05) is 12.1 Å². The second-order valence-electron chi connectivity index (χ2n) is 4.74. The molecule has 98 valence electrons. The number of rotatable bonds is 3. The number of likely N-dealkylation sites (tertiary alicyclic amines) is 1. The molecule has 0 saturated carbocycles. The standard InChI is InChI=1S/C13H19N3O2/c1-16-6-5-11(9-16)15-13(18)14-8-10-3-2-4-12(17)7-10/h2-4,7,11,17H,5-6,8-9H2,1H3,(H2,14,15,18)/t11-/m0/s1. The van der Waals surface area contributed by atoms with Gasteiger partial charge in [0.05, 0.1) is 0 Å². The largest absolute Gasteiger partial charge is 0.508 e. The summed E-state index contributed by atoms with van der Waals surface area (Å²) in [4.78, 5) is 13.9. The number of amides is 2. The lowest BCUT2D eigenvalue weighted by molar-refractivity contribution is 0.236. The van der Waals surface area contributed by atoms with E-state index in [0.717, 1.165) is 25.1 Å². The third kappa shape index (κ3) is 3.63. The Morgan fingerprint density at radius 1 is 1.56 bits per heavy atom. The predicted octanol–water partition coefficient (Wildman–Crippen LogP) is 0.895. The van der Waals surface area contributed by atoms with Gasteiger partial charge in [-0.25, -0.2) is 4.79 Å². The van der Waals surface area contributed by atoms with E-state index in [1.54, 1.807) is 18.2 Å². The Morgan fingerprint density at radius 2 is 2.39 bits per heavy atom. The molecule has 2 amide bonds. The number of nitrogens with zero attached hydrogens (tertiary/aromatic N) is 1. The molecule has 5 nitrogen and oxygen atoms in total. The highest BCUT2D eigenvalue weighted by Crippen LogP contribution is 2.10. The molecule has 0 aromatic heterocycles. The number of aromatic hydroxyl groups is 1. The number of carbonyl (C=O) groups excluding carboxylic acids is 1. The maximum absolute atomic E-state index is 11.7. The van der Waals surface area contributed by atoms with Crippen molar-refractivity contribution in [2.45, 2.75) is 19.0 Å². The molecule has 0 aliphatic carbocycles. The van der Waals surface area contributed by atoms with E-state index in [1.165, 1.54) is 0 Å². The predicted molar refractivity (Wildman–Crippen MR) is 69.4 cm³/mol. The fraction of sp³-hybridized carbons (Fsp3) is 0.462. The highest BCUT2D eigenvalue weighted by molar-refractivity contribution is 5.74. The van der Waals surface area contributed by atoms with E-state index in [-0.39, 0.29) is 17.8 Å². The minimum absolute atomic E-state index is 0.154. The van der Waals surface area contributed by atoms with Crippen LogP contribution in [0, 0.1) is 0 Å². The molecule has 0 bridgehead atoms. The van der Waals surface area contributed by atoms with Crippen molar-refractivity contribution in [2.24, 2.45) is 0 Å². The van der Waals surface area contributed by atoms with Crippen LogP contribution in [0.15, 0.2) is 24.3 Å². The molecule has 1 aliphatic heterocycles. The van der Waals surface area contributed by atoms with E-state index in [1.807, 2.05) is 13.1 Å². The fourth-order valence-electron chi connectivity index (χ4n) is 2.14. The minimum Gasteiger partial charge on any atom is -0.508 e. The molecule has 3 N–H and O–H groups in total. The second-order valence-corrected chi connectivity index (χ2v) is 4.74. The van der Waals surface area contributed by atoms with Gasteiger partial charge in [-0.2, -0.15) is 0 Å². The van der Waals surface area contributed by atoms with Crippen LogP contribution in [-0.4, -0.2) is 42.2 Å². The Bertz CT molecular complexity index is 422. The molecule has 0 unspecified atom stereocenters. The normalized spacial score (nSPS) is 19.7. The average Bonchev–Trinajstić information content (AvgIpc) is 2.72. The summed E-state index contributed by atoms with van der Waals surface area (Å²) in [6, 6.07) is 6.96. The summed E-state index contributed by atoms with van der Waals surface area (Å²) < 4.78 is 0. The van der Waals surface area contributed by atoms with Gasteiger partial charge in [0.25, 0.3) is 0 Å². The molecule has 1 fully saturated rings. The van der Waals surface area contributed by atoms with E-state index in [4.69, 9.17) is 0 Å². The van der Waals surface area contributed by atoms with Crippen molar-refractivity contribution in [3.05, 3.63) is 29.8 Å². The molecule has 18 heavy (non-hydrogen) atoms. The van der Waals surface area contributed by atoms with E-state index in [0.29, 0.717) is 6.54 Å². The average molecular weight is 249 g/mol. The van der Waals surface area contributed by atoms with Gasteiger partial charge in [-0.15, -0.1) is 0 Å². The fourth-order valence-corrected chi connectivity index (χ4v) is 2.14. The zero-order valence-corrected chi connectivity index (χ0v) is 10.5. The Hall–Kier alpha value is -1.75. The van der Waals surface area contributed by atoms with E-state index >= 15 is 0 Å². The molecule has 0 spiro atoms. The third-order valence-corrected chi connectivity index (χ3v) is 3.09. The monoisotopic (exact) mass is 249 g/mol. The lowest BCUT2D eigenvalue weighted by atomic mass is 10.2. The van der Waals surface area contributed by atoms with Crippen LogP contribution in [0.4, 0.5) is 4.79 Å². The topological polar surface area (TPSA) is 64.6 Å². The molecular weight excluding hydrogens is 230 g/mol. The van der Waals surface area contributed by atoms with Crippen molar-refractivity contribution >= 4 is 6.03 Å². The van der Waals surface area contributed by atoms with Crippen molar-refractivity contribution in [1.82, 2.24) is 15.5 Å². The molecule has 1 aromatic carbocycles. The second kappa shape index (κ2) is 5.73. The van der Waals surface area contributed by atoms with Gasteiger partial charge in [0.1, 0.15) is 5.75 Å². The summed E-state index contributed by atoms with van der Waals surface area (Å²) in [5, 5.41) is 15.0. The maximum atomic E-state index is 11.7. The number of carbonyl (C=O) groups is 1. The number of nitrogens with one attached hydrogen (secondary N) is 2. The minimum atomic E-state index is -0.154. The number of hydrogen-bond donors (Lipinski definition) is 3. The molecule has 1 heterocycles. The molecule has 1 aromatic rings. The van der Waals surface area contributed by atoms with Gasteiger partial charge >= 0.3 is 6.03 Å². The van der Waals surface area contributed by atoms with Crippen LogP contribution in [0.5, 0.6) is 5.75 Å². The Labute approximate surface area is 107 Å². The SMILES string of the molecule is CN1CC[C@H](NC(=O)NCc2cccc(O)c2)C1. The molecule has 0 radical (unpaired) electrons. The number of phenolic OH excluding ortho intramolecular Hbond substituents is 1. The Morgan fingerprint density at radius 3 is 3.06 bits per heavy atom. The van der Waals surface area contributed by atoms with Gasteiger partial charge < -0.3 is 20.6 Å². The third-order valence-electron chi connectivity index (χ3n) is 3.09. The first kappa shape index (κ1) is 12.7. The highest BCUT2D eigenvalue weighted by Gasteiger charge is 2.20. The van der Waals surface area contributed by atoms with Crippen LogP contribution in [-0.2, 0) is 6.54 Å². The number of hydrogen-bond acceptors (Lipinski definition) is 3. The van der Waals surface area contributed by atoms with Crippen molar-refractivity contribution in [2.75, 3.05) is 20.1 Å². The number of benzene rings is 1. The van der Waals surface area contributed by atoms with Crippen LogP contribution in [0.25, 0.3) is 0 Å². The summed E-state index contributed by atoms with van der Waals surface area (Å²) in [7, 11) is 2.05. The molecule has 2 rings (SSSR count). The van der Waals surface area contributed by atoms with Crippen molar-refractivity contribution in [3.8, 4) is 5.75 Å². The molecular formula is C13H19N3O2. The van der Waals surface area contributed by atoms with Crippen molar-refractivity contribution < 1.29 is 9.90 Å². The van der Waals surface area contributed by atoms with Gasteiger partial charge in [-0.05, 0) is 37.7 Å². The maximum Gasteiger partial charge on any atom is 0.315 e. The zero-order chi connectivity index (χ0) is 13.0. The van der Waals surface area contributed by atoms with Gasteiger partial charge in [0, 0.05) is 19.1 Å². The van der Waals surface area contributed by atoms with Crippen molar-refractivity contribution in [1.29, 1.82) is 0 Å². The summed E-state index contributed by atoms with van der Waals surface area (Å²) in [5.74, 6) is 0.215. The number of likely N-dealkylation sites (N-methyl/N-ethyl adjacent to an activating group) is 1. The zero-order valence-electron chi connectivity index (χ0n) is 10.5. The van der Waals surface area contributed by atoms with Crippen LogP contribution in [0.2, 0.25) is 0 Å². The van der Waals surface area contributed by atoms with Crippen LogP contribution >= 0.6 is 0 Å². The lowest BCUT2D eigenvalue weighted by Gasteiger charge is -2.13. The molecule has 5 heteroatoms. The van der Waals surface area contributed by atoms with Gasteiger partial charge in [-0.3, -0.25) is 0 Å². The molecule has 1 aliphatic rings. The van der Waals surface area contributed by atoms with Gasteiger partial charge in [0.15, 0.2) is 0 Å². The molecule has 1 saturated heterocycles. The summed E-state index contributed by atoms with van der Waals surface area (Å²) in [5.41, 5.74) is 0.883. The highest BCUT2D eigenvalue weighted by atomic mass is 16.3. The Balaban J connectivity index is 1.75. The summed E-state index contributed by atoms with van der Waals surface area (Å²) in [6.45, 7) is 2.35. The molecule has 1 atom stereocenters. The van der Waals surface area contributed by atoms with Crippen LogP contribution in [0.1, 0.15) is 12.0 Å². The van der Waals surface area contributed by atoms with E-state index < -0.39 is 0 Å². The summed E-state index contributed by atoms with van der Waals surface area (Å²) in [6.07, 6.45) is 0.996. The number of phenols is 1. The quantitative estimate of drug-likeness (QED) is 0.745. The smallest absolute Gasteiger partial charge is 0.315 e. The Kier molecular flexibility index (Phi) is 4.04. The number of urea groups is 1. The van der Waals surface area contributed by atoms with E-state index in [2.05, 4.69) is 15.5 Å². The lowest BCUT2D eigenvalue weighted by Crippen LogP contribution is -2.42. The van der Waals surface area contributed by atoms with E-state index in [9.17, 15) is 9.90 Å². The summed E-state index contributed by atoms with van der Waals surface area (Å²) >= 11 is 0. The van der Waals surface area contributed by atoms with Crippen LogP contribution < -0.4 is 10.6 Å². The first-order chi connectivity index (χ1) is 8.63. The first-order valence-corrected chi connectivity index (χ1v) is 6.14. The first-order valence-electron chi connectivity index (χ1n) is 6.14. The van der Waals surface area contributed by atoms with Gasteiger partial charge in [0.2, 0.25) is 0 Å². The van der Waals surface area contributed by atoms with Crippen LogP contribution in [0.3, 0.4) is 0 Å².